The minimum absolute atomic E-state index is 0.0717. The average molecular weight is 245 g/mol. The Morgan fingerprint density at radius 3 is 2.73 bits per heavy atom. The van der Waals surface area contributed by atoms with E-state index in [0.717, 1.165) is 4.90 Å². The third-order valence-corrected chi connectivity index (χ3v) is 3.14. The molecule has 0 N–H and O–H groups in total. The molecule has 1 aromatic heterocycles. The van der Waals surface area contributed by atoms with Gasteiger partial charge in [-0.05, 0) is 6.07 Å². The second kappa shape index (κ2) is 4.94. The normalized spacial score (nSPS) is 11.5. The van der Waals surface area contributed by atoms with E-state index in [9.17, 15) is 4.91 Å². The Hall–Kier alpha value is -0.610. The maximum absolute atomic E-state index is 10.3. The van der Waals surface area contributed by atoms with E-state index in [0.29, 0.717) is 10.7 Å². The zero-order valence-electron chi connectivity index (χ0n) is 8.95. The van der Waals surface area contributed by atoms with E-state index < -0.39 is 0 Å². The summed E-state index contributed by atoms with van der Waals surface area (Å²) in [5, 5.41) is 3.23. The molecule has 0 spiro atoms. The molecule has 0 atom stereocenters. The highest BCUT2D eigenvalue weighted by atomic mass is 35.5. The summed E-state index contributed by atoms with van der Waals surface area (Å²) >= 11 is 7.57. The third-order valence-electron chi connectivity index (χ3n) is 1.60. The molecule has 3 nitrogen and oxygen atoms in total. The van der Waals surface area contributed by atoms with E-state index in [-0.39, 0.29) is 11.3 Å². The van der Waals surface area contributed by atoms with Gasteiger partial charge < -0.3 is 0 Å². The number of hydrogen-bond donors (Lipinski definition) is 0. The molecule has 0 unspecified atom stereocenters. The molecule has 0 amide bonds. The molecule has 1 rings (SSSR count). The summed E-state index contributed by atoms with van der Waals surface area (Å²) in [5.41, 5.74) is 0.717. The van der Waals surface area contributed by atoms with Crippen molar-refractivity contribution < 1.29 is 0 Å². The molecule has 15 heavy (non-hydrogen) atoms. The van der Waals surface area contributed by atoms with Crippen LogP contribution in [0, 0.1) is 4.91 Å². The SMILES string of the molecule is CC(C)(C)Sc1ccnc(Cl)c1CN=O. The van der Waals surface area contributed by atoms with Crippen molar-refractivity contribution in [2.45, 2.75) is 37.0 Å². The molecule has 1 aromatic rings. The van der Waals surface area contributed by atoms with Crippen molar-refractivity contribution in [2.75, 3.05) is 0 Å². The number of aromatic nitrogens is 1. The van der Waals surface area contributed by atoms with Crippen molar-refractivity contribution >= 4 is 23.4 Å². The van der Waals surface area contributed by atoms with Crippen LogP contribution < -0.4 is 0 Å². The molecule has 0 saturated carbocycles. The molecule has 0 aliphatic heterocycles. The Bertz CT molecular complexity index is 363. The molecule has 0 bridgehead atoms. The van der Waals surface area contributed by atoms with Gasteiger partial charge in [0.25, 0.3) is 0 Å². The minimum Gasteiger partial charge on any atom is -0.244 e. The molecular weight excluding hydrogens is 232 g/mol. The third kappa shape index (κ3) is 3.80. The first-order valence-electron chi connectivity index (χ1n) is 4.55. The van der Waals surface area contributed by atoms with Crippen LogP contribution in [0.3, 0.4) is 0 Å². The highest BCUT2D eigenvalue weighted by Crippen LogP contribution is 2.36. The number of hydrogen-bond acceptors (Lipinski definition) is 4. The first kappa shape index (κ1) is 12.5. The highest BCUT2D eigenvalue weighted by Gasteiger charge is 2.16. The minimum atomic E-state index is 0.0717. The maximum atomic E-state index is 10.3. The van der Waals surface area contributed by atoms with Gasteiger partial charge in [0, 0.05) is 21.4 Å². The monoisotopic (exact) mass is 244 g/mol. The van der Waals surface area contributed by atoms with Crippen LogP contribution in [0.5, 0.6) is 0 Å². The van der Waals surface area contributed by atoms with Crippen molar-refractivity contribution in [3.05, 3.63) is 27.9 Å². The topological polar surface area (TPSA) is 42.3 Å². The molecule has 0 aliphatic carbocycles. The van der Waals surface area contributed by atoms with E-state index in [1.165, 1.54) is 0 Å². The van der Waals surface area contributed by atoms with E-state index in [4.69, 9.17) is 11.6 Å². The number of halogens is 1. The van der Waals surface area contributed by atoms with Gasteiger partial charge in [-0.3, -0.25) is 0 Å². The highest BCUT2D eigenvalue weighted by molar-refractivity contribution is 8.00. The van der Waals surface area contributed by atoms with E-state index >= 15 is 0 Å². The van der Waals surface area contributed by atoms with Gasteiger partial charge in [0.15, 0.2) is 0 Å². The Kier molecular flexibility index (Phi) is 4.11. The Morgan fingerprint density at radius 1 is 1.53 bits per heavy atom. The number of rotatable bonds is 3. The first-order valence-corrected chi connectivity index (χ1v) is 5.75. The van der Waals surface area contributed by atoms with Crippen molar-refractivity contribution in [3.8, 4) is 0 Å². The summed E-state index contributed by atoms with van der Waals surface area (Å²) in [6.45, 7) is 6.38. The molecule has 1 heterocycles. The lowest BCUT2D eigenvalue weighted by molar-refractivity contribution is 0.800. The second-order valence-electron chi connectivity index (χ2n) is 4.08. The lowest BCUT2D eigenvalue weighted by atomic mass is 10.2. The van der Waals surface area contributed by atoms with Gasteiger partial charge >= 0.3 is 0 Å². The Labute approximate surface area is 98.6 Å². The molecule has 0 fully saturated rings. The summed E-state index contributed by atoms with van der Waals surface area (Å²) in [4.78, 5) is 15.2. The van der Waals surface area contributed by atoms with Gasteiger partial charge in [-0.2, -0.15) is 4.91 Å². The van der Waals surface area contributed by atoms with E-state index in [1.807, 2.05) is 6.07 Å². The molecule has 0 aromatic carbocycles. The van der Waals surface area contributed by atoms with Crippen LogP contribution in [0.4, 0.5) is 0 Å². The summed E-state index contributed by atoms with van der Waals surface area (Å²) < 4.78 is 0.0717. The predicted octanol–water partition coefficient (Wildman–Crippen LogP) is 3.89. The quantitative estimate of drug-likeness (QED) is 0.460. The van der Waals surface area contributed by atoms with Gasteiger partial charge in [0.05, 0.1) is 0 Å². The lowest BCUT2D eigenvalue weighted by Crippen LogP contribution is -2.08. The summed E-state index contributed by atoms with van der Waals surface area (Å²) in [5.74, 6) is 0. The van der Waals surface area contributed by atoms with Gasteiger partial charge in [0.1, 0.15) is 11.7 Å². The second-order valence-corrected chi connectivity index (χ2v) is 6.31. The molecule has 0 saturated heterocycles. The van der Waals surface area contributed by atoms with Crippen LogP contribution >= 0.6 is 23.4 Å². The van der Waals surface area contributed by atoms with Crippen molar-refractivity contribution in [2.24, 2.45) is 5.18 Å². The fraction of sp³-hybridized carbons (Fsp3) is 0.500. The lowest BCUT2D eigenvalue weighted by Gasteiger charge is -2.19. The van der Waals surface area contributed by atoms with Gasteiger partial charge in [0.2, 0.25) is 0 Å². The average Bonchev–Trinajstić information content (AvgIpc) is 2.08. The Morgan fingerprint density at radius 2 is 2.20 bits per heavy atom. The number of pyridine rings is 1. The van der Waals surface area contributed by atoms with Gasteiger partial charge in [-0.25, -0.2) is 4.98 Å². The van der Waals surface area contributed by atoms with Crippen LogP contribution in [-0.2, 0) is 6.54 Å². The number of nitroso groups, excluding NO2 is 1. The van der Waals surface area contributed by atoms with Gasteiger partial charge in [-0.15, -0.1) is 11.8 Å². The molecule has 0 radical (unpaired) electrons. The number of nitrogens with zero attached hydrogens (tertiary/aromatic N) is 2. The molecule has 0 aliphatic rings. The fourth-order valence-corrected chi connectivity index (χ4v) is 2.43. The molecule has 82 valence electrons. The van der Waals surface area contributed by atoms with Gasteiger partial charge in [-0.1, -0.05) is 37.5 Å². The zero-order chi connectivity index (χ0) is 11.5. The predicted molar refractivity (Wildman–Crippen MR) is 64.4 cm³/mol. The maximum Gasteiger partial charge on any atom is 0.135 e. The van der Waals surface area contributed by atoms with Crippen LogP contribution in [0.15, 0.2) is 22.3 Å². The largest absolute Gasteiger partial charge is 0.244 e. The zero-order valence-corrected chi connectivity index (χ0v) is 10.5. The standard InChI is InChI=1S/C10H13ClN2OS/c1-10(2,3)15-8-4-5-12-9(11)7(8)6-13-14/h4-5H,6H2,1-3H3. The summed E-state index contributed by atoms with van der Waals surface area (Å²) in [7, 11) is 0. The van der Waals surface area contributed by atoms with Crippen molar-refractivity contribution in [1.29, 1.82) is 0 Å². The summed E-state index contributed by atoms with van der Waals surface area (Å²) in [6.07, 6.45) is 1.64. The molecule has 5 heteroatoms. The summed E-state index contributed by atoms with van der Waals surface area (Å²) in [6, 6.07) is 1.86. The van der Waals surface area contributed by atoms with Crippen molar-refractivity contribution in [3.63, 3.8) is 0 Å². The van der Waals surface area contributed by atoms with Crippen LogP contribution in [-0.4, -0.2) is 9.73 Å². The fourth-order valence-electron chi connectivity index (χ4n) is 1.08. The van der Waals surface area contributed by atoms with Crippen molar-refractivity contribution in [1.82, 2.24) is 4.98 Å². The Balaban J connectivity index is 3.05. The van der Waals surface area contributed by atoms with E-state index in [2.05, 4.69) is 30.9 Å². The van der Waals surface area contributed by atoms with Crippen LogP contribution in [0.2, 0.25) is 5.15 Å². The number of thioether (sulfide) groups is 1. The molecular formula is C10H13ClN2OS. The van der Waals surface area contributed by atoms with Crippen LogP contribution in [0.1, 0.15) is 26.3 Å². The van der Waals surface area contributed by atoms with Crippen LogP contribution in [0.25, 0.3) is 0 Å². The first-order chi connectivity index (χ1) is 6.94. The smallest absolute Gasteiger partial charge is 0.135 e. The van der Waals surface area contributed by atoms with E-state index in [1.54, 1.807) is 18.0 Å².